The standard InChI is InChI=1S/C16H17NO4S/c1-21-12-6-4-11(5-7-12)9-15(18)17-13(10-16(19)20)14-3-2-8-22-14/h2-8,13H,9-10H2,1H3,(H,17,18)(H,19,20)/t13-/m1/s1. The molecule has 1 aromatic carbocycles. The first-order valence-electron chi connectivity index (χ1n) is 6.76. The van der Waals surface area contributed by atoms with Gasteiger partial charge in [0.1, 0.15) is 5.75 Å². The highest BCUT2D eigenvalue weighted by atomic mass is 32.1. The van der Waals surface area contributed by atoms with Crippen LogP contribution in [-0.4, -0.2) is 24.1 Å². The molecule has 0 aliphatic rings. The molecular weight excluding hydrogens is 302 g/mol. The summed E-state index contributed by atoms with van der Waals surface area (Å²) in [6.07, 6.45) is 0.0698. The zero-order valence-corrected chi connectivity index (χ0v) is 12.9. The van der Waals surface area contributed by atoms with Gasteiger partial charge >= 0.3 is 5.97 Å². The number of rotatable bonds is 7. The summed E-state index contributed by atoms with van der Waals surface area (Å²) < 4.78 is 5.07. The number of methoxy groups -OCH3 is 1. The van der Waals surface area contributed by atoms with E-state index >= 15 is 0 Å². The van der Waals surface area contributed by atoms with Crippen LogP contribution in [-0.2, 0) is 16.0 Å². The quantitative estimate of drug-likeness (QED) is 0.822. The molecule has 1 aromatic heterocycles. The Labute approximate surface area is 132 Å². The monoisotopic (exact) mass is 319 g/mol. The van der Waals surface area contributed by atoms with Crippen molar-refractivity contribution < 1.29 is 19.4 Å². The van der Waals surface area contributed by atoms with Gasteiger partial charge in [0.2, 0.25) is 5.91 Å². The number of hydrogen-bond acceptors (Lipinski definition) is 4. The number of ether oxygens (including phenoxy) is 1. The molecule has 0 unspecified atom stereocenters. The maximum atomic E-state index is 12.1. The van der Waals surface area contributed by atoms with Gasteiger partial charge in [0.05, 0.1) is 26.0 Å². The van der Waals surface area contributed by atoms with E-state index in [4.69, 9.17) is 9.84 Å². The number of carboxylic acid groups (broad SMARTS) is 1. The maximum Gasteiger partial charge on any atom is 0.305 e. The second-order valence-corrected chi connectivity index (χ2v) is 5.74. The van der Waals surface area contributed by atoms with Crippen molar-refractivity contribution in [2.75, 3.05) is 7.11 Å². The second-order valence-electron chi connectivity index (χ2n) is 4.76. The minimum atomic E-state index is -0.942. The van der Waals surface area contributed by atoms with Gasteiger partial charge in [-0.3, -0.25) is 9.59 Å². The lowest BCUT2D eigenvalue weighted by molar-refractivity contribution is -0.137. The molecule has 2 aromatic rings. The number of amides is 1. The second kappa shape index (κ2) is 7.61. The molecule has 1 heterocycles. The highest BCUT2D eigenvalue weighted by Gasteiger charge is 2.19. The van der Waals surface area contributed by atoms with Crippen LogP contribution in [0.15, 0.2) is 41.8 Å². The van der Waals surface area contributed by atoms with Crippen molar-refractivity contribution in [3.63, 3.8) is 0 Å². The fourth-order valence-corrected chi connectivity index (χ4v) is 2.84. The van der Waals surface area contributed by atoms with Gasteiger partial charge < -0.3 is 15.2 Å². The summed E-state index contributed by atoms with van der Waals surface area (Å²) in [5.74, 6) is -0.417. The summed E-state index contributed by atoms with van der Waals surface area (Å²) in [5, 5.41) is 13.6. The molecule has 5 nitrogen and oxygen atoms in total. The SMILES string of the molecule is COc1ccc(CC(=O)N[C@H](CC(=O)O)c2cccs2)cc1. The molecule has 1 amide bonds. The Morgan fingerprint density at radius 1 is 1.27 bits per heavy atom. The van der Waals surface area contributed by atoms with Crippen LogP contribution >= 0.6 is 11.3 Å². The molecule has 22 heavy (non-hydrogen) atoms. The zero-order chi connectivity index (χ0) is 15.9. The van der Waals surface area contributed by atoms with Crippen molar-refractivity contribution in [1.82, 2.24) is 5.32 Å². The molecule has 0 spiro atoms. The van der Waals surface area contributed by atoms with Gasteiger partial charge in [-0.15, -0.1) is 11.3 Å². The Kier molecular flexibility index (Phi) is 5.55. The van der Waals surface area contributed by atoms with E-state index in [0.717, 1.165) is 16.2 Å². The van der Waals surface area contributed by atoms with Crippen molar-refractivity contribution >= 4 is 23.2 Å². The lowest BCUT2D eigenvalue weighted by atomic mass is 10.1. The molecule has 116 valence electrons. The Hall–Kier alpha value is -2.34. The predicted molar refractivity (Wildman–Crippen MR) is 84.2 cm³/mol. The van der Waals surface area contributed by atoms with E-state index in [-0.39, 0.29) is 18.7 Å². The van der Waals surface area contributed by atoms with E-state index in [2.05, 4.69) is 5.32 Å². The van der Waals surface area contributed by atoms with Gasteiger partial charge in [-0.1, -0.05) is 18.2 Å². The van der Waals surface area contributed by atoms with Crippen LogP contribution < -0.4 is 10.1 Å². The van der Waals surface area contributed by atoms with Crippen molar-refractivity contribution in [2.45, 2.75) is 18.9 Å². The Morgan fingerprint density at radius 3 is 2.55 bits per heavy atom. The lowest BCUT2D eigenvalue weighted by Crippen LogP contribution is -2.30. The number of benzene rings is 1. The molecule has 0 bridgehead atoms. The lowest BCUT2D eigenvalue weighted by Gasteiger charge is -2.15. The fraction of sp³-hybridized carbons (Fsp3) is 0.250. The molecule has 0 saturated heterocycles. The number of hydrogen-bond donors (Lipinski definition) is 2. The highest BCUT2D eigenvalue weighted by molar-refractivity contribution is 7.10. The molecule has 0 fully saturated rings. The van der Waals surface area contributed by atoms with Crippen LogP contribution in [0.3, 0.4) is 0 Å². The van der Waals surface area contributed by atoms with E-state index in [1.807, 2.05) is 29.6 Å². The molecule has 0 saturated carbocycles. The summed E-state index contributed by atoms with van der Waals surface area (Å²) in [5.41, 5.74) is 0.846. The van der Waals surface area contributed by atoms with E-state index < -0.39 is 12.0 Å². The van der Waals surface area contributed by atoms with Gasteiger partial charge in [0.25, 0.3) is 0 Å². The van der Waals surface area contributed by atoms with Gasteiger partial charge in [0.15, 0.2) is 0 Å². The first-order valence-corrected chi connectivity index (χ1v) is 7.64. The number of carbonyl (C=O) groups excluding carboxylic acids is 1. The van der Waals surface area contributed by atoms with E-state index in [9.17, 15) is 9.59 Å². The third-order valence-corrected chi connectivity index (χ3v) is 4.11. The van der Waals surface area contributed by atoms with Crippen LogP contribution in [0.1, 0.15) is 22.9 Å². The maximum absolute atomic E-state index is 12.1. The van der Waals surface area contributed by atoms with Crippen LogP contribution in [0, 0.1) is 0 Å². The van der Waals surface area contributed by atoms with Gasteiger partial charge in [-0.25, -0.2) is 0 Å². The molecule has 2 N–H and O–H groups in total. The topological polar surface area (TPSA) is 75.6 Å². The first kappa shape index (κ1) is 16.0. The average Bonchev–Trinajstić information content (AvgIpc) is 3.01. The van der Waals surface area contributed by atoms with Crippen LogP contribution in [0.4, 0.5) is 0 Å². The third kappa shape index (κ3) is 4.60. The molecule has 2 rings (SSSR count). The van der Waals surface area contributed by atoms with E-state index in [1.165, 1.54) is 11.3 Å². The van der Waals surface area contributed by atoms with Gasteiger partial charge in [0, 0.05) is 4.88 Å². The van der Waals surface area contributed by atoms with Crippen LogP contribution in [0.5, 0.6) is 5.75 Å². The largest absolute Gasteiger partial charge is 0.497 e. The van der Waals surface area contributed by atoms with Crippen molar-refractivity contribution in [2.24, 2.45) is 0 Å². The third-order valence-electron chi connectivity index (χ3n) is 3.12. The summed E-state index contributed by atoms with van der Waals surface area (Å²) in [7, 11) is 1.58. The summed E-state index contributed by atoms with van der Waals surface area (Å²) in [4.78, 5) is 23.9. The Bertz CT molecular complexity index is 622. The highest BCUT2D eigenvalue weighted by Crippen LogP contribution is 2.22. The zero-order valence-electron chi connectivity index (χ0n) is 12.1. The Morgan fingerprint density at radius 2 is 2.00 bits per heavy atom. The van der Waals surface area contributed by atoms with Gasteiger partial charge in [-0.05, 0) is 29.1 Å². The fourth-order valence-electron chi connectivity index (χ4n) is 2.06. The number of thiophene rings is 1. The number of aliphatic carboxylic acids is 1. The summed E-state index contributed by atoms with van der Waals surface area (Å²) in [6, 6.07) is 10.4. The van der Waals surface area contributed by atoms with Crippen LogP contribution in [0.25, 0.3) is 0 Å². The average molecular weight is 319 g/mol. The smallest absolute Gasteiger partial charge is 0.305 e. The van der Waals surface area contributed by atoms with Gasteiger partial charge in [-0.2, -0.15) is 0 Å². The van der Waals surface area contributed by atoms with Crippen molar-refractivity contribution in [3.05, 3.63) is 52.2 Å². The number of nitrogens with one attached hydrogen (secondary N) is 1. The molecule has 0 aliphatic heterocycles. The summed E-state index contributed by atoms with van der Waals surface area (Å²) >= 11 is 1.43. The van der Waals surface area contributed by atoms with E-state index in [0.29, 0.717) is 0 Å². The Balaban J connectivity index is 1.99. The van der Waals surface area contributed by atoms with Crippen LogP contribution in [0.2, 0.25) is 0 Å². The normalized spacial score (nSPS) is 11.7. The molecule has 1 atom stereocenters. The predicted octanol–water partition coefficient (Wildman–Crippen LogP) is 2.63. The number of carboxylic acids is 1. The minimum absolute atomic E-state index is 0.130. The molecule has 0 aliphatic carbocycles. The molecule has 0 radical (unpaired) electrons. The first-order chi connectivity index (χ1) is 10.6. The van der Waals surface area contributed by atoms with Crippen molar-refractivity contribution in [3.8, 4) is 5.75 Å². The number of carbonyl (C=O) groups is 2. The summed E-state index contributed by atoms with van der Waals surface area (Å²) in [6.45, 7) is 0. The molecule has 6 heteroatoms. The van der Waals surface area contributed by atoms with E-state index in [1.54, 1.807) is 19.2 Å². The minimum Gasteiger partial charge on any atom is -0.497 e. The molecular formula is C16H17NO4S. The van der Waals surface area contributed by atoms with Crippen molar-refractivity contribution in [1.29, 1.82) is 0 Å².